The number of aryl methyl sites for hydroxylation is 1. The zero-order chi connectivity index (χ0) is 23.8. The minimum absolute atomic E-state index is 0.180. The maximum atomic E-state index is 13.5. The van der Waals surface area contributed by atoms with E-state index in [0.29, 0.717) is 34.0 Å². The fourth-order valence-corrected chi connectivity index (χ4v) is 4.27. The first-order chi connectivity index (χ1) is 15.7. The summed E-state index contributed by atoms with van der Waals surface area (Å²) in [5, 5.41) is 3.58. The van der Waals surface area contributed by atoms with Crippen molar-refractivity contribution in [2.45, 2.75) is 32.5 Å². The summed E-state index contributed by atoms with van der Waals surface area (Å²) in [6, 6.07) is 10.0. The van der Waals surface area contributed by atoms with Crippen LogP contribution in [-0.2, 0) is 13.0 Å². The standard InChI is InChI=1S/C24H20Cl2F3N3O/c1-2-20-22(32-10-9-17(26)12-21(32)31-20)23(33)30-13-14-3-5-15(6-4-14)18-8-7-16(25)11-19(18)24(27,28)29/h3-10,12,19H,2,11,13H2,1H3,(H,30,33). The molecule has 3 aromatic rings. The molecule has 0 aliphatic heterocycles. The molecule has 0 saturated carbocycles. The monoisotopic (exact) mass is 493 g/mol. The summed E-state index contributed by atoms with van der Waals surface area (Å²) >= 11 is 11.9. The molecule has 33 heavy (non-hydrogen) atoms. The van der Waals surface area contributed by atoms with Crippen LogP contribution in [0.3, 0.4) is 0 Å². The van der Waals surface area contributed by atoms with Crippen molar-refractivity contribution in [3.8, 4) is 0 Å². The van der Waals surface area contributed by atoms with Gasteiger partial charge in [-0.15, -0.1) is 0 Å². The molecule has 0 spiro atoms. The number of allylic oxidation sites excluding steroid dienone is 4. The van der Waals surface area contributed by atoms with Gasteiger partial charge in [0.25, 0.3) is 5.91 Å². The fraction of sp³-hybridized carbons (Fsp3) is 0.250. The molecule has 1 aromatic carbocycles. The highest BCUT2D eigenvalue weighted by Gasteiger charge is 2.43. The lowest BCUT2D eigenvalue weighted by Gasteiger charge is -2.26. The molecule has 0 saturated heterocycles. The van der Waals surface area contributed by atoms with Crippen molar-refractivity contribution in [2.75, 3.05) is 0 Å². The van der Waals surface area contributed by atoms with Gasteiger partial charge in [-0.1, -0.05) is 60.5 Å². The molecule has 0 bridgehead atoms. The number of hydrogen-bond donors (Lipinski definition) is 1. The van der Waals surface area contributed by atoms with Gasteiger partial charge in [0.15, 0.2) is 0 Å². The Morgan fingerprint density at radius 3 is 2.58 bits per heavy atom. The van der Waals surface area contributed by atoms with Gasteiger partial charge in [-0.25, -0.2) is 4.98 Å². The second kappa shape index (κ2) is 9.23. The van der Waals surface area contributed by atoms with Gasteiger partial charge in [-0.2, -0.15) is 13.2 Å². The second-order valence-corrected chi connectivity index (χ2v) is 8.67. The number of amides is 1. The van der Waals surface area contributed by atoms with E-state index in [9.17, 15) is 18.0 Å². The highest BCUT2D eigenvalue weighted by molar-refractivity contribution is 6.31. The quantitative estimate of drug-likeness (QED) is 0.436. The highest BCUT2D eigenvalue weighted by atomic mass is 35.5. The Morgan fingerprint density at radius 1 is 1.18 bits per heavy atom. The van der Waals surface area contributed by atoms with Gasteiger partial charge in [0, 0.05) is 28.9 Å². The number of aromatic nitrogens is 2. The number of pyridine rings is 1. The molecule has 1 aliphatic carbocycles. The zero-order valence-corrected chi connectivity index (χ0v) is 19.1. The Labute approximate surface area is 198 Å². The van der Waals surface area contributed by atoms with Gasteiger partial charge in [0.2, 0.25) is 0 Å². The molecule has 4 rings (SSSR count). The van der Waals surface area contributed by atoms with Crippen molar-refractivity contribution in [3.63, 3.8) is 0 Å². The highest BCUT2D eigenvalue weighted by Crippen LogP contribution is 2.43. The molecular formula is C24H20Cl2F3N3O. The van der Waals surface area contributed by atoms with Crippen LogP contribution in [0.25, 0.3) is 11.2 Å². The first-order valence-electron chi connectivity index (χ1n) is 10.3. The summed E-state index contributed by atoms with van der Waals surface area (Å²) in [5.41, 5.74) is 3.09. The third-order valence-corrected chi connectivity index (χ3v) is 6.08. The number of rotatable bonds is 5. The van der Waals surface area contributed by atoms with Crippen LogP contribution in [0.1, 0.15) is 40.7 Å². The number of carbonyl (C=O) groups is 1. The molecule has 9 heteroatoms. The SMILES string of the molecule is CCc1nc2cc(Cl)ccn2c1C(=O)NCc1ccc(C2=CC=C(Cl)CC2C(F)(F)F)cc1. The summed E-state index contributed by atoms with van der Waals surface area (Å²) in [4.78, 5) is 17.4. The number of carbonyl (C=O) groups excluding carboxylic acids is 1. The van der Waals surface area contributed by atoms with E-state index in [4.69, 9.17) is 23.2 Å². The molecule has 1 atom stereocenters. The van der Waals surface area contributed by atoms with Gasteiger partial charge in [0.1, 0.15) is 11.3 Å². The van der Waals surface area contributed by atoms with Crippen LogP contribution in [0.4, 0.5) is 13.2 Å². The molecule has 1 N–H and O–H groups in total. The lowest BCUT2D eigenvalue weighted by atomic mass is 9.86. The minimum atomic E-state index is -4.39. The summed E-state index contributed by atoms with van der Waals surface area (Å²) in [5.74, 6) is -1.94. The number of nitrogens with one attached hydrogen (secondary N) is 1. The number of benzene rings is 1. The maximum Gasteiger partial charge on any atom is 0.396 e. The minimum Gasteiger partial charge on any atom is -0.347 e. The predicted octanol–water partition coefficient (Wildman–Crippen LogP) is 6.57. The second-order valence-electron chi connectivity index (χ2n) is 7.75. The smallest absolute Gasteiger partial charge is 0.347 e. The van der Waals surface area contributed by atoms with Crippen molar-refractivity contribution in [1.29, 1.82) is 0 Å². The Hall–Kier alpha value is -2.77. The number of alkyl halides is 3. The molecule has 1 amide bonds. The molecule has 4 nitrogen and oxygen atoms in total. The topological polar surface area (TPSA) is 46.4 Å². The van der Waals surface area contributed by atoms with Gasteiger partial charge in [-0.3, -0.25) is 9.20 Å². The van der Waals surface area contributed by atoms with Crippen molar-refractivity contribution >= 4 is 40.3 Å². The number of hydrogen-bond acceptors (Lipinski definition) is 2. The van der Waals surface area contributed by atoms with E-state index in [-0.39, 0.29) is 29.5 Å². The van der Waals surface area contributed by atoms with E-state index in [2.05, 4.69) is 10.3 Å². The van der Waals surface area contributed by atoms with Crippen LogP contribution in [0.15, 0.2) is 59.8 Å². The average Bonchev–Trinajstić information content (AvgIpc) is 3.15. The third kappa shape index (κ3) is 4.94. The van der Waals surface area contributed by atoms with Gasteiger partial charge < -0.3 is 5.32 Å². The van der Waals surface area contributed by atoms with Crippen molar-refractivity contribution in [1.82, 2.24) is 14.7 Å². The fourth-order valence-electron chi connectivity index (χ4n) is 3.90. The summed E-state index contributed by atoms with van der Waals surface area (Å²) in [6.07, 6.45) is 0.542. The van der Waals surface area contributed by atoms with E-state index >= 15 is 0 Å². The van der Waals surface area contributed by atoms with Crippen LogP contribution in [0, 0.1) is 5.92 Å². The molecule has 172 valence electrons. The molecule has 0 radical (unpaired) electrons. The number of fused-ring (bicyclic) bond motifs is 1. The van der Waals surface area contributed by atoms with Crippen molar-refractivity contribution < 1.29 is 18.0 Å². The van der Waals surface area contributed by atoms with Crippen LogP contribution < -0.4 is 5.32 Å². The summed E-state index contributed by atoms with van der Waals surface area (Å²) < 4.78 is 42.1. The number of nitrogens with zero attached hydrogens (tertiary/aromatic N) is 2. The first kappa shape index (κ1) is 23.4. The predicted molar refractivity (Wildman–Crippen MR) is 123 cm³/mol. The van der Waals surface area contributed by atoms with E-state index in [1.54, 1.807) is 47.0 Å². The summed E-state index contributed by atoms with van der Waals surface area (Å²) in [7, 11) is 0. The van der Waals surface area contributed by atoms with Crippen LogP contribution in [0.2, 0.25) is 5.02 Å². The van der Waals surface area contributed by atoms with Gasteiger partial charge in [-0.05, 0) is 41.7 Å². The van der Waals surface area contributed by atoms with Crippen LogP contribution in [0.5, 0.6) is 0 Å². The Bertz CT molecular complexity index is 1260. The lowest BCUT2D eigenvalue weighted by Crippen LogP contribution is -2.26. The Balaban J connectivity index is 1.51. The average molecular weight is 494 g/mol. The van der Waals surface area contributed by atoms with Crippen LogP contribution >= 0.6 is 23.2 Å². The van der Waals surface area contributed by atoms with E-state index in [1.807, 2.05) is 6.92 Å². The molecular weight excluding hydrogens is 474 g/mol. The molecule has 1 unspecified atom stereocenters. The third-order valence-electron chi connectivity index (χ3n) is 5.56. The number of halogens is 5. The molecule has 0 fully saturated rings. The number of imidazole rings is 1. The Morgan fingerprint density at radius 2 is 1.91 bits per heavy atom. The first-order valence-corrected chi connectivity index (χ1v) is 11.1. The van der Waals surface area contributed by atoms with E-state index in [0.717, 1.165) is 5.56 Å². The molecule has 2 heterocycles. The maximum absolute atomic E-state index is 13.5. The van der Waals surface area contributed by atoms with E-state index < -0.39 is 12.1 Å². The van der Waals surface area contributed by atoms with Gasteiger partial charge in [0.05, 0.1) is 11.6 Å². The Kier molecular flexibility index (Phi) is 6.54. The van der Waals surface area contributed by atoms with Crippen molar-refractivity contribution in [3.05, 3.63) is 87.3 Å². The van der Waals surface area contributed by atoms with Crippen LogP contribution in [-0.4, -0.2) is 21.5 Å². The molecule has 1 aliphatic rings. The van der Waals surface area contributed by atoms with Crippen molar-refractivity contribution in [2.24, 2.45) is 5.92 Å². The molecule has 2 aromatic heterocycles. The van der Waals surface area contributed by atoms with Gasteiger partial charge >= 0.3 is 6.18 Å². The summed E-state index contributed by atoms with van der Waals surface area (Å²) in [6.45, 7) is 2.13. The largest absolute Gasteiger partial charge is 0.396 e. The van der Waals surface area contributed by atoms with E-state index in [1.165, 1.54) is 12.2 Å². The normalized spacial score (nSPS) is 16.5. The zero-order valence-electron chi connectivity index (χ0n) is 17.6. The lowest BCUT2D eigenvalue weighted by molar-refractivity contribution is -0.157.